The average molecular weight is 449 g/mol. The van der Waals surface area contributed by atoms with Crippen molar-refractivity contribution in [1.29, 1.82) is 0 Å². The van der Waals surface area contributed by atoms with E-state index in [0.29, 0.717) is 0 Å². The molecular weight excluding hydrogens is 416 g/mol. The van der Waals surface area contributed by atoms with Crippen LogP contribution in [0.4, 0.5) is 5.82 Å². The Morgan fingerprint density at radius 2 is 1.91 bits per heavy atom. The van der Waals surface area contributed by atoms with Crippen LogP contribution in [0.2, 0.25) is 0 Å². The van der Waals surface area contributed by atoms with Gasteiger partial charge in [-0.25, -0.2) is 9.97 Å². The van der Waals surface area contributed by atoms with Gasteiger partial charge in [-0.3, -0.25) is 4.79 Å². The van der Waals surface area contributed by atoms with Crippen molar-refractivity contribution in [2.75, 3.05) is 31.1 Å². The summed E-state index contributed by atoms with van der Waals surface area (Å²) in [7, 11) is 0. The fourth-order valence-electron chi connectivity index (χ4n) is 4.93. The van der Waals surface area contributed by atoms with E-state index < -0.39 is 0 Å². The van der Waals surface area contributed by atoms with Crippen molar-refractivity contribution in [2.45, 2.75) is 52.4 Å². The van der Waals surface area contributed by atoms with Gasteiger partial charge in [0, 0.05) is 43.0 Å². The van der Waals surface area contributed by atoms with Gasteiger partial charge in [0.2, 0.25) is 0 Å². The fourth-order valence-corrected chi connectivity index (χ4v) is 6.32. The van der Waals surface area contributed by atoms with Gasteiger partial charge >= 0.3 is 0 Å². The number of aryl methyl sites for hydroxylation is 2. The molecule has 0 unspecified atom stereocenters. The molecule has 2 aromatic heterocycles. The van der Waals surface area contributed by atoms with Crippen LogP contribution in [0.15, 0.2) is 30.3 Å². The molecule has 32 heavy (non-hydrogen) atoms. The molecule has 0 saturated carbocycles. The normalized spacial score (nSPS) is 18.8. The van der Waals surface area contributed by atoms with E-state index in [9.17, 15) is 4.79 Å². The number of thiophene rings is 1. The minimum atomic E-state index is 0.128. The number of fused-ring (bicyclic) bond motifs is 3. The molecule has 2 aliphatic rings. The van der Waals surface area contributed by atoms with Crippen LogP contribution < -0.4 is 4.90 Å². The molecule has 0 N–H and O–H groups in total. The van der Waals surface area contributed by atoms with E-state index in [4.69, 9.17) is 9.97 Å². The third-order valence-electron chi connectivity index (χ3n) is 6.82. The first-order valence-corrected chi connectivity index (χ1v) is 12.9. The van der Waals surface area contributed by atoms with Crippen LogP contribution in [0.1, 0.15) is 59.7 Å². The number of unbranched alkanes of at least 4 members (excludes halogenated alkanes) is 1. The highest BCUT2D eigenvalue weighted by molar-refractivity contribution is 7.19. The van der Waals surface area contributed by atoms with E-state index in [0.717, 1.165) is 75.0 Å². The number of rotatable bonds is 5. The molecule has 3 aromatic rings. The molecule has 168 valence electrons. The summed E-state index contributed by atoms with van der Waals surface area (Å²) >= 11 is 1.89. The maximum atomic E-state index is 12.9. The summed E-state index contributed by atoms with van der Waals surface area (Å²) in [4.78, 5) is 30.1. The third kappa shape index (κ3) is 4.13. The van der Waals surface area contributed by atoms with E-state index in [2.05, 4.69) is 18.7 Å². The van der Waals surface area contributed by atoms with Crippen molar-refractivity contribution >= 4 is 33.3 Å². The van der Waals surface area contributed by atoms with Crippen LogP contribution in [-0.2, 0) is 19.3 Å². The Balaban J connectivity index is 1.43. The summed E-state index contributed by atoms with van der Waals surface area (Å²) in [5, 5.41) is 1.29. The standard InChI is InChI=1S/C26H32N4OS/c1-3-4-10-22-27-24(23-20-12-11-18(2)17-21(20)32-25(23)28-22)29-13-15-30(16-14-29)26(31)19-8-6-5-7-9-19/h5-9,18H,3-4,10-17H2,1-2H3/t18-/m0/s1. The van der Waals surface area contributed by atoms with Gasteiger partial charge in [-0.05, 0) is 49.3 Å². The predicted molar refractivity (Wildman–Crippen MR) is 132 cm³/mol. The van der Waals surface area contributed by atoms with Crippen LogP contribution in [0, 0.1) is 5.92 Å². The number of nitrogens with zero attached hydrogens (tertiary/aromatic N) is 4. The average Bonchev–Trinajstić information content (AvgIpc) is 3.19. The summed E-state index contributed by atoms with van der Waals surface area (Å²) in [6.07, 6.45) is 6.75. The van der Waals surface area contributed by atoms with Crippen LogP contribution in [-0.4, -0.2) is 47.0 Å². The SMILES string of the molecule is CCCCc1nc(N2CCN(C(=O)c3ccccc3)CC2)c2c3c(sc2n1)C[C@@H](C)CC3. The largest absolute Gasteiger partial charge is 0.352 e. The zero-order valence-corrected chi connectivity index (χ0v) is 20.0. The molecule has 3 heterocycles. The number of carbonyl (C=O) groups excluding carboxylic acids is 1. The molecule has 1 aliphatic heterocycles. The first-order valence-electron chi connectivity index (χ1n) is 12.0. The molecule has 1 aromatic carbocycles. The van der Waals surface area contributed by atoms with Gasteiger partial charge in [-0.15, -0.1) is 11.3 Å². The summed E-state index contributed by atoms with van der Waals surface area (Å²) < 4.78 is 0. The molecule has 5 nitrogen and oxygen atoms in total. The number of carbonyl (C=O) groups is 1. The van der Waals surface area contributed by atoms with Crippen LogP contribution in [0.25, 0.3) is 10.2 Å². The van der Waals surface area contributed by atoms with E-state index in [1.165, 1.54) is 33.5 Å². The van der Waals surface area contributed by atoms with Crippen molar-refractivity contribution in [1.82, 2.24) is 14.9 Å². The molecule has 1 aliphatic carbocycles. The molecule has 1 atom stereocenters. The highest BCUT2D eigenvalue weighted by atomic mass is 32.1. The molecule has 6 heteroatoms. The topological polar surface area (TPSA) is 49.3 Å². The molecule has 1 fully saturated rings. The number of hydrogen-bond donors (Lipinski definition) is 0. The Labute approximate surface area is 194 Å². The molecule has 5 rings (SSSR count). The van der Waals surface area contributed by atoms with E-state index in [1.54, 1.807) is 0 Å². The van der Waals surface area contributed by atoms with Crippen LogP contribution in [0.3, 0.4) is 0 Å². The van der Waals surface area contributed by atoms with Gasteiger partial charge in [0.1, 0.15) is 16.5 Å². The van der Waals surface area contributed by atoms with Gasteiger partial charge in [-0.1, -0.05) is 38.5 Å². The lowest BCUT2D eigenvalue weighted by Gasteiger charge is -2.36. The first kappa shape index (κ1) is 21.4. The Morgan fingerprint density at radius 3 is 2.66 bits per heavy atom. The van der Waals surface area contributed by atoms with Crippen LogP contribution in [0.5, 0.6) is 0 Å². The smallest absolute Gasteiger partial charge is 0.253 e. The second-order valence-corrected chi connectivity index (χ2v) is 10.3. The number of aromatic nitrogens is 2. The van der Waals surface area contributed by atoms with Crippen molar-refractivity contribution in [3.63, 3.8) is 0 Å². The number of amides is 1. The Morgan fingerprint density at radius 1 is 1.12 bits per heavy atom. The lowest BCUT2D eigenvalue weighted by Crippen LogP contribution is -2.49. The van der Waals surface area contributed by atoms with E-state index in [-0.39, 0.29) is 5.91 Å². The second-order valence-electron chi connectivity index (χ2n) is 9.24. The molecule has 0 radical (unpaired) electrons. The summed E-state index contributed by atoms with van der Waals surface area (Å²) in [5.41, 5.74) is 2.26. The summed E-state index contributed by atoms with van der Waals surface area (Å²) in [6, 6.07) is 9.62. The Kier molecular flexibility index (Phi) is 6.13. The highest BCUT2D eigenvalue weighted by Gasteiger charge is 2.28. The number of benzene rings is 1. The van der Waals surface area contributed by atoms with Gasteiger partial charge in [-0.2, -0.15) is 0 Å². The van der Waals surface area contributed by atoms with Gasteiger partial charge in [0.15, 0.2) is 0 Å². The maximum absolute atomic E-state index is 12.9. The van der Waals surface area contributed by atoms with E-state index >= 15 is 0 Å². The van der Waals surface area contributed by atoms with Crippen LogP contribution >= 0.6 is 11.3 Å². The van der Waals surface area contributed by atoms with Gasteiger partial charge < -0.3 is 9.80 Å². The molecule has 0 bridgehead atoms. The second kappa shape index (κ2) is 9.18. The summed E-state index contributed by atoms with van der Waals surface area (Å²) in [6.45, 7) is 7.67. The van der Waals surface area contributed by atoms with Crippen molar-refractivity contribution in [3.05, 3.63) is 52.2 Å². The highest BCUT2D eigenvalue weighted by Crippen LogP contribution is 2.41. The lowest BCUT2D eigenvalue weighted by molar-refractivity contribution is 0.0746. The Hall–Kier alpha value is -2.47. The van der Waals surface area contributed by atoms with Gasteiger partial charge in [0.05, 0.1) is 5.39 Å². The first-order chi connectivity index (χ1) is 15.6. The lowest BCUT2D eigenvalue weighted by atomic mass is 9.89. The predicted octanol–water partition coefficient (Wildman–Crippen LogP) is 5.12. The Bertz CT molecular complexity index is 1100. The van der Waals surface area contributed by atoms with E-state index in [1.807, 2.05) is 46.6 Å². The molecule has 1 amide bonds. The van der Waals surface area contributed by atoms with Gasteiger partial charge in [0.25, 0.3) is 5.91 Å². The number of piperazine rings is 1. The van der Waals surface area contributed by atoms with Crippen molar-refractivity contribution in [2.24, 2.45) is 5.92 Å². The molecule has 1 saturated heterocycles. The number of anilines is 1. The molecule has 0 spiro atoms. The quantitative estimate of drug-likeness (QED) is 0.543. The fraction of sp³-hybridized carbons (Fsp3) is 0.500. The minimum Gasteiger partial charge on any atom is -0.352 e. The maximum Gasteiger partial charge on any atom is 0.253 e. The minimum absolute atomic E-state index is 0.128. The monoisotopic (exact) mass is 448 g/mol. The molecular formula is C26H32N4OS. The third-order valence-corrected chi connectivity index (χ3v) is 7.97. The van der Waals surface area contributed by atoms with Crippen molar-refractivity contribution < 1.29 is 4.79 Å². The summed E-state index contributed by atoms with van der Waals surface area (Å²) in [5.74, 6) is 2.96. The zero-order chi connectivity index (χ0) is 22.1. The van der Waals surface area contributed by atoms with Crippen molar-refractivity contribution in [3.8, 4) is 0 Å². The number of hydrogen-bond acceptors (Lipinski definition) is 5. The zero-order valence-electron chi connectivity index (χ0n) is 19.1.